The molecule has 7 heteroatoms. The summed E-state index contributed by atoms with van der Waals surface area (Å²) in [5, 5.41) is 4.38. The maximum Gasteiger partial charge on any atom is 0.269 e. The first-order valence-electron chi connectivity index (χ1n) is 11.1. The van der Waals surface area contributed by atoms with Crippen molar-refractivity contribution in [1.82, 2.24) is 19.7 Å². The van der Waals surface area contributed by atoms with Crippen LogP contribution in [0.15, 0.2) is 71.8 Å². The summed E-state index contributed by atoms with van der Waals surface area (Å²) in [5.41, 5.74) is 2.67. The van der Waals surface area contributed by atoms with Crippen LogP contribution in [0.4, 0.5) is 5.69 Å². The molecule has 1 aromatic carbocycles. The molecule has 0 aliphatic carbocycles. The van der Waals surface area contributed by atoms with E-state index in [-0.39, 0.29) is 17.4 Å². The largest absolute Gasteiger partial charge is 0.369 e. The van der Waals surface area contributed by atoms with E-state index in [1.165, 1.54) is 4.68 Å². The van der Waals surface area contributed by atoms with Gasteiger partial charge in [0.05, 0.1) is 24.3 Å². The fourth-order valence-corrected chi connectivity index (χ4v) is 4.14. The molecule has 0 saturated carbocycles. The second-order valence-electron chi connectivity index (χ2n) is 8.31. The van der Waals surface area contributed by atoms with Crippen molar-refractivity contribution in [2.45, 2.75) is 25.8 Å². The van der Waals surface area contributed by atoms with E-state index >= 15 is 0 Å². The molecule has 0 radical (unpaired) electrons. The summed E-state index contributed by atoms with van der Waals surface area (Å²) in [6, 6.07) is 17.3. The molecule has 4 rings (SSSR count). The summed E-state index contributed by atoms with van der Waals surface area (Å²) < 4.78 is 1.47. The maximum atomic E-state index is 13.0. The molecule has 0 bridgehead atoms. The highest BCUT2D eigenvalue weighted by atomic mass is 16.2. The topological polar surface area (TPSA) is 71.3 Å². The molecule has 166 valence electrons. The van der Waals surface area contributed by atoms with E-state index in [9.17, 15) is 9.59 Å². The van der Waals surface area contributed by atoms with E-state index < -0.39 is 0 Å². The van der Waals surface area contributed by atoms with Gasteiger partial charge in [0, 0.05) is 51.1 Å². The van der Waals surface area contributed by atoms with E-state index in [4.69, 9.17) is 0 Å². The van der Waals surface area contributed by atoms with Gasteiger partial charge in [-0.1, -0.05) is 36.4 Å². The number of hydrogen-bond acceptors (Lipinski definition) is 5. The number of likely N-dealkylation sites (N-methyl/N-ethyl adjacent to an activating group) is 1. The number of amides is 1. The summed E-state index contributed by atoms with van der Waals surface area (Å²) in [6.45, 7) is 2.52. The summed E-state index contributed by atoms with van der Waals surface area (Å²) in [6.07, 6.45) is 6.03. The third-order valence-electron chi connectivity index (χ3n) is 5.97. The summed E-state index contributed by atoms with van der Waals surface area (Å²) in [4.78, 5) is 33.9. The van der Waals surface area contributed by atoms with Gasteiger partial charge in [0.25, 0.3) is 5.56 Å². The van der Waals surface area contributed by atoms with Gasteiger partial charge < -0.3 is 9.80 Å². The number of carbonyl (C=O) groups excluding carboxylic acids is 1. The Bertz CT molecular complexity index is 1080. The van der Waals surface area contributed by atoms with E-state index in [0.717, 1.165) is 42.8 Å². The number of benzene rings is 1. The smallest absolute Gasteiger partial charge is 0.269 e. The van der Waals surface area contributed by atoms with Gasteiger partial charge in [0.15, 0.2) is 0 Å². The van der Waals surface area contributed by atoms with Gasteiger partial charge in [-0.15, -0.1) is 0 Å². The van der Waals surface area contributed by atoms with Gasteiger partial charge in [-0.2, -0.15) is 5.10 Å². The molecular weight excluding hydrogens is 402 g/mol. The Morgan fingerprint density at radius 3 is 2.72 bits per heavy atom. The van der Waals surface area contributed by atoms with Crippen LogP contribution < -0.4 is 10.5 Å². The van der Waals surface area contributed by atoms with Crippen LogP contribution in [0, 0.1) is 5.92 Å². The van der Waals surface area contributed by atoms with Crippen molar-refractivity contribution in [2.75, 3.05) is 31.6 Å². The van der Waals surface area contributed by atoms with Gasteiger partial charge in [-0.3, -0.25) is 14.6 Å². The molecule has 1 aliphatic heterocycles. The lowest BCUT2D eigenvalue weighted by atomic mass is 9.96. The van der Waals surface area contributed by atoms with Crippen LogP contribution in [0.5, 0.6) is 0 Å². The second-order valence-corrected chi connectivity index (χ2v) is 8.31. The minimum absolute atomic E-state index is 0.0794. The van der Waals surface area contributed by atoms with Crippen LogP contribution in [-0.4, -0.2) is 52.3 Å². The van der Waals surface area contributed by atoms with Crippen LogP contribution >= 0.6 is 0 Å². The van der Waals surface area contributed by atoms with Crippen molar-refractivity contribution in [2.24, 2.45) is 5.92 Å². The van der Waals surface area contributed by atoms with Gasteiger partial charge in [-0.05, 0) is 30.5 Å². The molecule has 0 N–H and O–H groups in total. The zero-order valence-electron chi connectivity index (χ0n) is 18.4. The zero-order chi connectivity index (χ0) is 22.3. The number of carbonyl (C=O) groups is 1. The number of anilines is 1. The second kappa shape index (κ2) is 10.2. The molecule has 1 saturated heterocycles. The van der Waals surface area contributed by atoms with Crippen molar-refractivity contribution in [3.8, 4) is 0 Å². The first-order valence-corrected chi connectivity index (χ1v) is 11.1. The lowest BCUT2D eigenvalue weighted by molar-refractivity contribution is -0.134. The van der Waals surface area contributed by atoms with Crippen LogP contribution in [-0.2, 0) is 17.8 Å². The Kier molecular flexibility index (Phi) is 6.94. The third-order valence-corrected chi connectivity index (χ3v) is 5.97. The number of pyridine rings is 1. The standard InChI is InChI=1S/C25H29N5O2/c1-28(15-12-22-11-5-6-13-26-22)25(32)21-10-7-14-29(19-21)23-16-24(31)30(27-17-23)18-20-8-3-2-4-9-20/h2-6,8-9,11,13,16-17,21H,7,10,12,14-15,18-19H2,1H3/t21-/m0/s1. The Labute approximate surface area is 188 Å². The number of hydrogen-bond donors (Lipinski definition) is 0. The molecule has 32 heavy (non-hydrogen) atoms. The lowest BCUT2D eigenvalue weighted by Crippen LogP contribution is -2.44. The van der Waals surface area contributed by atoms with Crippen LogP contribution in [0.1, 0.15) is 24.1 Å². The van der Waals surface area contributed by atoms with Crippen molar-refractivity contribution < 1.29 is 4.79 Å². The van der Waals surface area contributed by atoms with Crippen LogP contribution in [0.2, 0.25) is 0 Å². The molecule has 0 spiro atoms. The minimum Gasteiger partial charge on any atom is -0.369 e. The molecule has 3 heterocycles. The van der Waals surface area contributed by atoms with Gasteiger partial charge in [-0.25, -0.2) is 4.68 Å². The first kappa shape index (κ1) is 21.7. The predicted octanol–water partition coefficient (Wildman–Crippen LogP) is 2.60. The zero-order valence-corrected chi connectivity index (χ0v) is 18.4. The Morgan fingerprint density at radius 1 is 1.16 bits per heavy atom. The first-order chi connectivity index (χ1) is 15.6. The Hall–Kier alpha value is -3.48. The maximum absolute atomic E-state index is 13.0. The quantitative estimate of drug-likeness (QED) is 0.575. The highest BCUT2D eigenvalue weighted by Gasteiger charge is 2.28. The van der Waals surface area contributed by atoms with Crippen molar-refractivity contribution in [1.29, 1.82) is 0 Å². The highest BCUT2D eigenvalue weighted by Crippen LogP contribution is 2.23. The molecule has 7 nitrogen and oxygen atoms in total. The van der Waals surface area contributed by atoms with Gasteiger partial charge in [0.1, 0.15) is 0 Å². The molecule has 1 aliphatic rings. The molecule has 1 atom stereocenters. The van der Waals surface area contributed by atoms with Gasteiger partial charge >= 0.3 is 0 Å². The normalized spacial score (nSPS) is 16.0. The molecular formula is C25H29N5O2. The lowest BCUT2D eigenvalue weighted by Gasteiger charge is -2.35. The fourth-order valence-electron chi connectivity index (χ4n) is 4.14. The Balaban J connectivity index is 1.37. The number of nitrogens with zero attached hydrogens (tertiary/aromatic N) is 5. The highest BCUT2D eigenvalue weighted by molar-refractivity contribution is 5.79. The third kappa shape index (κ3) is 5.41. The molecule has 3 aromatic rings. The minimum atomic E-state index is -0.132. The van der Waals surface area contributed by atoms with E-state index in [0.29, 0.717) is 19.6 Å². The van der Waals surface area contributed by atoms with E-state index in [1.807, 2.05) is 55.6 Å². The number of piperidine rings is 1. The average molecular weight is 432 g/mol. The SMILES string of the molecule is CN(CCc1ccccn1)C(=O)[C@H]1CCCN(c2cnn(Cc3ccccc3)c(=O)c2)C1. The van der Waals surface area contributed by atoms with Crippen molar-refractivity contribution in [3.63, 3.8) is 0 Å². The summed E-state index contributed by atoms with van der Waals surface area (Å²) >= 11 is 0. The van der Waals surface area contributed by atoms with E-state index in [1.54, 1.807) is 23.4 Å². The molecule has 1 amide bonds. The molecule has 2 aromatic heterocycles. The van der Waals surface area contributed by atoms with Crippen molar-refractivity contribution >= 4 is 11.6 Å². The number of rotatable bonds is 7. The summed E-state index contributed by atoms with van der Waals surface area (Å²) in [7, 11) is 1.86. The van der Waals surface area contributed by atoms with Crippen LogP contribution in [0.3, 0.4) is 0 Å². The van der Waals surface area contributed by atoms with Crippen molar-refractivity contribution in [3.05, 3.63) is 88.6 Å². The average Bonchev–Trinajstić information content (AvgIpc) is 2.84. The monoisotopic (exact) mass is 431 g/mol. The Morgan fingerprint density at radius 2 is 1.97 bits per heavy atom. The number of aromatic nitrogens is 3. The van der Waals surface area contributed by atoms with E-state index in [2.05, 4.69) is 15.0 Å². The molecule has 1 fully saturated rings. The summed E-state index contributed by atoms with van der Waals surface area (Å²) in [5.74, 6) is 0.0697. The fraction of sp³-hybridized carbons (Fsp3) is 0.360. The van der Waals surface area contributed by atoms with Gasteiger partial charge in [0.2, 0.25) is 5.91 Å². The molecule has 0 unspecified atom stereocenters. The predicted molar refractivity (Wildman–Crippen MR) is 125 cm³/mol. The van der Waals surface area contributed by atoms with Crippen LogP contribution in [0.25, 0.3) is 0 Å².